The van der Waals surface area contributed by atoms with Crippen LogP contribution in [0.1, 0.15) is 34.7 Å². The van der Waals surface area contributed by atoms with Gasteiger partial charge in [-0.25, -0.2) is 4.79 Å². The number of halogens is 3. The number of carbonyl (C=O) groups is 1. The van der Waals surface area contributed by atoms with Crippen molar-refractivity contribution in [3.8, 4) is 5.75 Å². The van der Waals surface area contributed by atoms with E-state index in [9.17, 15) is 18.0 Å². The molecule has 1 aromatic carbocycles. The van der Waals surface area contributed by atoms with E-state index in [2.05, 4.69) is 4.74 Å². The number of ether oxygens (including phenoxy) is 1. The Labute approximate surface area is 94.8 Å². The van der Waals surface area contributed by atoms with Gasteiger partial charge in [0, 0.05) is 0 Å². The molecule has 0 amide bonds. The van der Waals surface area contributed by atoms with Gasteiger partial charge < -0.3 is 9.84 Å². The number of hydrogen-bond acceptors (Lipinski definition) is 2. The second kappa shape index (κ2) is 3.94. The second-order valence-corrected chi connectivity index (χ2v) is 3.92. The van der Waals surface area contributed by atoms with E-state index in [1.54, 1.807) is 0 Å². The van der Waals surface area contributed by atoms with Crippen LogP contribution in [0.25, 0.3) is 0 Å². The van der Waals surface area contributed by atoms with Gasteiger partial charge in [0.05, 0.1) is 5.56 Å². The average Bonchev–Trinajstić information content (AvgIpc) is 2.97. The van der Waals surface area contributed by atoms with Gasteiger partial charge in [0.25, 0.3) is 0 Å². The fraction of sp³-hybridized carbons (Fsp3) is 0.364. The minimum absolute atomic E-state index is 0.157. The van der Waals surface area contributed by atoms with Gasteiger partial charge in [-0.2, -0.15) is 0 Å². The summed E-state index contributed by atoms with van der Waals surface area (Å²) in [4.78, 5) is 10.8. The fourth-order valence-corrected chi connectivity index (χ4v) is 1.59. The molecule has 0 unspecified atom stereocenters. The number of hydrogen-bond donors (Lipinski definition) is 1. The molecule has 2 rings (SSSR count). The van der Waals surface area contributed by atoms with Crippen molar-refractivity contribution in [1.82, 2.24) is 0 Å². The molecule has 17 heavy (non-hydrogen) atoms. The van der Waals surface area contributed by atoms with Crippen LogP contribution in [-0.2, 0) is 0 Å². The summed E-state index contributed by atoms with van der Waals surface area (Å²) >= 11 is 0. The third kappa shape index (κ3) is 3.12. The summed E-state index contributed by atoms with van der Waals surface area (Å²) in [6.45, 7) is 0. The summed E-state index contributed by atoms with van der Waals surface area (Å²) in [5.74, 6) is -1.58. The lowest BCUT2D eigenvalue weighted by atomic mass is 10.1. The van der Waals surface area contributed by atoms with E-state index in [-0.39, 0.29) is 11.5 Å². The molecular weight excluding hydrogens is 237 g/mol. The van der Waals surface area contributed by atoms with Crippen LogP contribution in [0, 0.1) is 0 Å². The average molecular weight is 246 g/mol. The van der Waals surface area contributed by atoms with Crippen LogP contribution in [0.3, 0.4) is 0 Å². The van der Waals surface area contributed by atoms with Crippen molar-refractivity contribution in [3.63, 3.8) is 0 Å². The van der Waals surface area contributed by atoms with Crippen molar-refractivity contribution in [3.05, 3.63) is 29.3 Å². The molecule has 0 atom stereocenters. The summed E-state index contributed by atoms with van der Waals surface area (Å²) in [5, 5.41) is 8.80. The zero-order valence-electron chi connectivity index (χ0n) is 8.62. The van der Waals surface area contributed by atoms with Gasteiger partial charge in [-0.1, -0.05) is 0 Å². The molecular formula is C11H9F3O3. The predicted molar refractivity (Wildman–Crippen MR) is 52.1 cm³/mol. The van der Waals surface area contributed by atoms with Crippen LogP contribution in [0.2, 0.25) is 0 Å². The van der Waals surface area contributed by atoms with Gasteiger partial charge in [0.2, 0.25) is 0 Å². The Hall–Kier alpha value is -1.72. The molecule has 0 aliphatic heterocycles. The molecule has 1 aliphatic carbocycles. The van der Waals surface area contributed by atoms with Crippen LogP contribution in [0.4, 0.5) is 13.2 Å². The quantitative estimate of drug-likeness (QED) is 0.891. The largest absolute Gasteiger partial charge is 0.573 e. The Morgan fingerprint density at radius 1 is 1.29 bits per heavy atom. The highest BCUT2D eigenvalue weighted by Crippen LogP contribution is 2.42. The molecule has 1 aromatic rings. The first-order chi connectivity index (χ1) is 7.85. The number of alkyl halides is 3. The molecule has 92 valence electrons. The number of aromatic carboxylic acids is 1. The van der Waals surface area contributed by atoms with E-state index < -0.39 is 18.1 Å². The van der Waals surface area contributed by atoms with Crippen LogP contribution in [0.15, 0.2) is 18.2 Å². The predicted octanol–water partition coefficient (Wildman–Crippen LogP) is 3.16. The Balaban J connectivity index is 2.33. The van der Waals surface area contributed by atoms with Gasteiger partial charge in [-0.3, -0.25) is 0 Å². The first kappa shape index (κ1) is 11.8. The summed E-state index contributed by atoms with van der Waals surface area (Å²) in [6.07, 6.45) is -3.07. The minimum Gasteiger partial charge on any atom is -0.478 e. The van der Waals surface area contributed by atoms with Gasteiger partial charge in [-0.05, 0) is 42.5 Å². The molecule has 6 heteroatoms. The van der Waals surface area contributed by atoms with Gasteiger partial charge >= 0.3 is 12.3 Å². The molecule has 0 saturated heterocycles. The molecule has 0 spiro atoms. The van der Waals surface area contributed by atoms with Crippen molar-refractivity contribution in [1.29, 1.82) is 0 Å². The van der Waals surface area contributed by atoms with Gasteiger partial charge in [0.15, 0.2) is 0 Å². The molecule has 0 heterocycles. The molecule has 1 fully saturated rings. The van der Waals surface area contributed by atoms with Crippen molar-refractivity contribution in [2.75, 3.05) is 0 Å². The topological polar surface area (TPSA) is 46.5 Å². The van der Waals surface area contributed by atoms with Crippen molar-refractivity contribution in [2.24, 2.45) is 0 Å². The van der Waals surface area contributed by atoms with Crippen LogP contribution < -0.4 is 4.74 Å². The number of carboxylic acids is 1. The number of rotatable bonds is 3. The van der Waals surface area contributed by atoms with Crippen LogP contribution in [0.5, 0.6) is 5.75 Å². The van der Waals surface area contributed by atoms with E-state index in [1.165, 1.54) is 12.1 Å². The van der Waals surface area contributed by atoms with E-state index in [0.717, 1.165) is 18.9 Å². The smallest absolute Gasteiger partial charge is 0.478 e. The third-order valence-corrected chi connectivity index (χ3v) is 2.46. The third-order valence-electron chi connectivity index (χ3n) is 2.46. The van der Waals surface area contributed by atoms with Gasteiger partial charge in [0.1, 0.15) is 5.75 Å². The van der Waals surface area contributed by atoms with Crippen molar-refractivity contribution in [2.45, 2.75) is 25.1 Å². The highest BCUT2D eigenvalue weighted by atomic mass is 19.4. The maximum atomic E-state index is 12.1. The molecule has 0 bridgehead atoms. The molecule has 1 N–H and O–H groups in total. The van der Waals surface area contributed by atoms with Crippen molar-refractivity contribution >= 4 is 5.97 Å². The first-order valence-corrected chi connectivity index (χ1v) is 4.99. The Kier molecular flexibility index (Phi) is 2.73. The highest BCUT2D eigenvalue weighted by Gasteiger charge is 2.32. The Morgan fingerprint density at radius 2 is 1.94 bits per heavy atom. The van der Waals surface area contributed by atoms with E-state index in [1.807, 2.05) is 0 Å². The zero-order valence-corrected chi connectivity index (χ0v) is 8.62. The van der Waals surface area contributed by atoms with Gasteiger partial charge in [-0.15, -0.1) is 13.2 Å². The number of carboxylic acid groups (broad SMARTS) is 1. The second-order valence-electron chi connectivity index (χ2n) is 3.92. The van der Waals surface area contributed by atoms with E-state index >= 15 is 0 Å². The van der Waals surface area contributed by atoms with E-state index in [4.69, 9.17) is 5.11 Å². The maximum Gasteiger partial charge on any atom is 0.573 e. The normalized spacial score (nSPS) is 15.7. The lowest BCUT2D eigenvalue weighted by Crippen LogP contribution is -2.17. The monoisotopic (exact) mass is 246 g/mol. The Morgan fingerprint density at radius 3 is 2.41 bits per heavy atom. The van der Waals surface area contributed by atoms with Crippen LogP contribution >= 0.6 is 0 Å². The lowest BCUT2D eigenvalue weighted by Gasteiger charge is -2.11. The van der Waals surface area contributed by atoms with Crippen LogP contribution in [-0.4, -0.2) is 17.4 Å². The fourth-order valence-electron chi connectivity index (χ4n) is 1.59. The summed E-state index contributed by atoms with van der Waals surface area (Å²) in [7, 11) is 0. The minimum atomic E-state index is -4.81. The molecule has 3 nitrogen and oxygen atoms in total. The zero-order chi connectivity index (χ0) is 12.6. The molecule has 1 saturated carbocycles. The highest BCUT2D eigenvalue weighted by molar-refractivity contribution is 5.88. The summed E-state index contributed by atoms with van der Waals surface area (Å²) in [6, 6.07) is 3.52. The molecule has 1 aliphatic rings. The summed E-state index contributed by atoms with van der Waals surface area (Å²) < 4.78 is 39.9. The van der Waals surface area contributed by atoms with Crippen molar-refractivity contribution < 1.29 is 27.8 Å². The maximum absolute atomic E-state index is 12.1. The standard InChI is InChI=1S/C11H9F3O3/c12-11(13,14)17-9-4-7(6-1-2-6)3-8(5-9)10(15)16/h3-6H,1-2H2,(H,15,16). The molecule has 0 radical (unpaired) electrons. The Bertz CT molecular complexity index is 450. The lowest BCUT2D eigenvalue weighted by molar-refractivity contribution is -0.274. The SMILES string of the molecule is O=C(O)c1cc(OC(F)(F)F)cc(C2CC2)c1. The van der Waals surface area contributed by atoms with E-state index in [0.29, 0.717) is 5.56 Å². The first-order valence-electron chi connectivity index (χ1n) is 4.99. The molecule has 0 aromatic heterocycles. The summed E-state index contributed by atoms with van der Waals surface area (Å²) in [5.41, 5.74) is 0.401. The number of benzene rings is 1.